The number of nitrogens with one attached hydrogen (secondary N) is 1. The highest BCUT2D eigenvalue weighted by Gasteiger charge is 2.41. The maximum atomic E-state index is 12.9. The fraction of sp³-hybridized carbons (Fsp3) is 0.500. The van der Waals surface area contributed by atoms with Gasteiger partial charge < -0.3 is 15.2 Å². The Balaban J connectivity index is 1.89. The number of alkyl halides is 3. The predicted molar refractivity (Wildman–Crippen MR) is 78.4 cm³/mol. The first-order chi connectivity index (χ1) is 11.2. The van der Waals surface area contributed by atoms with E-state index in [4.69, 9.17) is 9.84 Å². The standard InChI is InChI=1S/C16H18F3NO4/c1-9(20-14(21)10-6-7-11(10)15(22)23)8-24-13-5-3-2-4-12(13)16(17,18)19/h2-5,9-11H,6-8H2,1H3,(H,20,21)(H,22,23). The summed E-state index contributed by atoms with van der Waals surface area (Å²) in [5, 5.41) is 11.5. The summed E-state index contributed by atoms with van der Waals surface area (Å²) in [6.07, 6.45) is -3.58. The Kier molecular flexibility index (Phi) is 5.36. The predicted octanol–water partition coefficient (Wildman–Crippen LogP) is 2.70. The number of halogens is 3. The first-order valence-electron chi connectivity index (χ1n) is 7.52. The minimum Gasteiger partial charge on any atom is -0.491 e. The van der Waals surface area contributed by atoms with Gasteiger partial charge in [0.2, 0.25) is 5.91 Å². The van der Waals surface area contributed by atoms with Crippen LogP contribution in [0, 0.1) is 11.8 Å². The van der Waals surface area contributed by atoms with Crippen LogP contribution in [0.5, 0.6) is 5.75 Å². The van der Waals surface area contributed by atoms with Gasteiger partial charge in [-0.1, -0.05) is 12.1 Å². The van der Waals surface area contributed by atoms with Crippen LogP contribution in [0.2, 0.25) is 0 Å². The quantitative estimate of drug-likeness (QED) is 0.831. The van der Waals surface area contributed by atoms with Gasteiger partial charge in [-0.05, 0) is 31.9 Å². The summed E-state index contributed by atoms with van der Waals surface area (Å²) in [5.41, 5.74) is -0.881. The number of ether oxygens (including phenoxy) is 1. The average molecular weight is 345 g/mol. The number of para-hydroxylation sites is 1. The molecule has 0 heterocycles. The Hall–Kier alpha value is -2.25. The van der Waals surface area contributed by atoms with Gasteiger partial charge in [-0.15, -0.1) is 0 Å². The molecule has 1 aromatic carbocycles. The topological polar surface area (TPSA) is 75.6 Å². The molecule has 5 nitrogen and oxygen atoms in total. The van der Waals surface area contributed by atoms with Gasteiger partial charge >= 0.3 is 12.1 Å². The monoisotopic (exact) mass is 345 g/mol. The number of aliphatic carboxylic acids is 1. The van der Waals surface area contributed by atoms with Gasteiger partial charge in [0.25, 0.3) is 0 Å². The maximum absolute atomic E-state index is 12.9. The van der Waals surface area contributed by atoms with E-state index in [1.54, 1.807) is 6.92 Å². The molecule has 24 heavy (non-hydrogen) atoms. The second-order valence-corrected chi connectivity index (χ2v) is 5.84. The van der Waals surface area contributed by atoms with E-state index in [9.17, 15) is 22.8 Å². The zero-order valence-electron chi connectivity index (χ0n) is 13.0. The molecule has 1 aliphatic carbocycles. The van der Waals surface area contributed by atoms with E-state index in [-0.39, 0.29) is 12.4 Å². The van der Waals surface area contributed by atoms with Crippen molar-refractivity contribution >= 4 is 11.9 Å². The molecular weight excluding hydrogens is 327 g/mol. The normalized spacial score (nSPS) is 21.5. The summed E-state index contributed by atoms with van der Waals surface area (Å²) >= 11 is 0. The van der Waals surface area contributed by atoms with Crippen molar-refractivity contribution in [3.8, 4) is 5.75 Å². The number of hydrogen-bond donors (Lipinski definition) is 2. The number of rotatable bonds is 6. The number of amides is 1. The van der Waals surface area contributed by atoms with E-state index in [0.717, 1.165) is 6.07 Å². The van der Waals surface area contributed by atoms with Gasteiger partial charge in [0.05, 0.1) is 23.4 Å². The Morgan fingerprint density at radius 3 is 2.46 bits per heavy atom. The number of hydrogen-bond acceptors (Lipinski definition) is 3. The van der Waals surface area contributed by atoms with E-state index < -0.39 is 41.5 Å². The third-order valence-electron chi connectivity index (χ3n) is 4.00. The van der Waals surface area contributed by atoms with E-state index in [1.165, 1.54) is 18.2 Å². The first-order valence-corrected chi connectivity index (χ1v) is 7.52. The van der Waals surface area contributed by atoms with Crippen LogP contribution >= 0.6 is 0 Å². The molecule has 0 bridgehead atoms. The van der Waals surface area contributed by atoms with E-state index in [2.05, 4.69) is 5.32 Å². The number of carboxylic acid groups (broad SMARTS) is 1. The molecule has 8 heteroatoms. The van der Waals surface area contributed by atoms with Crippen molar-refractivity contribution in [2.45, 2.75) is 32.0 Å². The van der Waals surface area contributed by atoms with Gasteiger partial charge in [0.15, 0.2) is 0 Å². The molecule has 1 aliphatic rings. The second-order valence-electron chi connectivity index (χ2n) is 5.84. The molecule has 0 aromatic heterocycles. The van der Waals surface area contributed by atoms with Crippen LogP contribution in [0.1, 0.15) is 25.3 Å². The lowest BCUT2D eigenvalue weighted by molar-refractivity contribution is -0.153. The second kappa shape index (κ2) is 7.11. The summed E-state index contributed by atoms with van der Waals surface area (Å²) in [6.45, 7) is 1.44. The molecule has 1 saturated carbocycles. The number of carboxylic acids is 1. The van der Waals surface area contributed by atoms with E-state index >= 15 is 0 Å². The summed E-state index contributed by atoms with van der Waals surface area (Å²) in [6, 6.07) is 4.28. The molecule has 132 valence electrons. The molecule has 0 spiro atoms. The number of benzene rings is 1. The highest BCUT2D eigenvalue weighted by Crippen LogP contribution is 2.36. The summed E-state index contributed by atoms with van der Waals surface area (Å²) < 4.78 is 43.7. The fourth-order valence-corrected chi connectivity index (χ4v) is 2.54. The molecule has 1 aromatic rings. The van der Waals surface area contributed by atoms with Gasteiger partial charge in [-0.25, -0.2) is 0 Å². The van der Waals surface area contributed by atoms with Crippen LogP contribution in [-0.2, 0) is 15.8 Å². The molecule has 0 radical (unpaired) electrons. The summed E-state index contributed by atoms with van der Waals surface area (Å²) in [5.74, 6) is -3.01. The third-order valence-corrected chi connectivity index (χ3v) is 4.00. The summed E-state index contributed by atoms with van der Waals surface area (Å²) in [4.78, 5) is 22.9. The van der Waals surface area contributed by atoms with Gasteiger partial charge in [0, 0.05) is 0 Å². The lowest BCUT2D eigenvalue weighted by Crippen LogP contribution is -2.47. The molecule has 2 rings (SSSR count). The van der Waals surface area contributed by atoms with Crippen molar-refractivity contribution < 1.29 is 32.6 Å². The minimum absolute atomic E-state index is 0.150. The van der Waals surface area contributed by atoms with Crippen molar-refractivity contribution in [1.82, 2.24) is 5.32 Å². The molecule has 2 N–H and O–H groups in total. The van der Waals surface area contributed by atoms with Gasteiger partial charge in [0.1, 0.15) is 12.4 Å². The molecule has 1 fully saturated rings. The van der Waals surface area contributed by atoms with Crippen LogP contribution in [0.3, 0.4) is 0 Å². The zero-order chi connectivity index (χ0) is 17.9. The van der Waals surface area contributed by atoms with Crippen molar-refractivity contribution in [3.05, 3.63) is 29.8 Å². The molecule has 0 aliphatic heterocycles. The van der Waals surface area contributed by atoms with Crippen molar-refractivity contribution in [3.63, 3.8) is 0 Å². The van der Waals surface area contributed by atoms with E-state index in [1.807, 2.05) is 0 Å². The largest absolute Gasteiger partial charge is 0.491 e. The lowest BCUT2D eigenvalue weighted by atomic mass is 9.73. The van der Waals surface area contributed by atoms with Crippen LogP contribution in [-0.4, -0.2) is 29.6 Å². The van der Waals surface area contributed by atoms with Crippen LogP contribution < -0.4 is 10.1 Å². The maximum Gasteiger partial charge on any atom is 0.419 e. The lowest BCUT2D eigenvalue weighted by Gasteiger charge is -2.32. The van der Waals surface area contributed by atoms with Gasteiger partial charge in [-0.3, -0.25) is 9.59 Å². The zero-order valence-corrected chi connectivity index (χ0v) is 13.0. The third kappa shape index (κ3) is 4.18. The molecule has 3 atom stereocenters. The van der Waals surface area contributed by atoms with Gasteiger partial charge in [-0.2, -0.15) is 13.2 Å². The summed E-state index contributed by atoms with van der Waals surface area (Å²) in [7, 11) is 0. The van der Waals surface area contributed by atoms with Crippen LogP contribution in [0.15, 0.2) is 24.3 Å². The Morgan fingerprint density at radius 2 is 1.92 bits per heavy atom. The van der Waals surface area contributed by atoms with Crippen molar-refractivity contribution in [2.75, 3.05) is 6.61 Å². The van der Waals surface area contributed by atoms with Crippen LogP contribution in [0.25, 0.3) is 0 Å². The first kappa shape index (κ1) is 18.1. The highest BCUT2D eigenvalue weighted by molar-refractivity contribution is 5.86. The van der Waals surface area contributed by atoms with Crippen molar-refractivity contribution in [1.29, 1.82) is 0 Å². The Labute approximate surface area is 136 Å². The minimum atomic E-state index is -4.52. The fourth-order valence-electron chi connectivity index (χ4n) is 2.54. The van der Waals surface area contributed by atoms with Crippen molar-refractivity contribution in [2.24, 2.45) is 11.8 Å². The molecule has 1 amide bonds. The SMILES string of the molecule is CC(COc1ccccc1C(F)(F)F)NC(=O)C1CCC1C(=O)O. The van der Waals surface area contributed by atoms with Crippen LogP contribution in [0.4, 0.5) is 13.2 Å². The number of carbonyl (C=O) groups excluding carboxylic acids is 1. The highest BCUT2D eigenvalue weighted by atomic mass is 19.4. The average Bonchev–Trinajstić information content (AvgIpc) is 2.42. The Bertz CT molecular complexity index is 618. The Morgan fingerprint density at radius 1 is 1.29 bits per heavy atom. The molecule has 0 saturated heterocycles. The smallest absolute Gasteiger partial charge is 0.419 e. The number of carbonyl (C=O) groups is 2. The molecule has 3 unspecified atom stereocenters. The van der Waals surface area contributed by atoms with E-state index in [0.29, 0.717) is 12.8 Å². The molecular formula is C16H18F3NO4.